The van der Waals surface area contributed by atoms with E-state index >= 15 is 0 Å². The zero-order valence-electron chi connectivity index (χ0n) is 19.5. The van der Waals surface area contributed by atoms with Crippen LogP contribution in [-0.4, -0.2) is 37.0 Å². The number of anilines is 1. The Balaban J connectivity index is 1.56. The normalized spacial score (nSPS) is 12.5. The van der Waals surface area contributed by atoms with Gasteiger partial charge < -0.3 is 15.2 Å². The molecule has 3 aromatic carbocycles. The van der Waals surface area contributed by atoms with Crippen molar-refractivity contribution in [2.45, 2.75) is 30.4 Å². The summed E-state index contributed by atoms with van der Waals surface area (Å²) in [6.45, 7) is 3.48. The third-order valence-electron chi connectivity index (χ3n) is 5.23. The van der Waals surface area contributed by atoms with Gasteiger partial charge in [0.15, 0.2) is 28.7 Å². The van der Waals surface area contributed by atoms with E-state index in [1.807, 2.05) is 30.3 Å². The smallest absolute Gasteiger partial charge is 0.335 e. The van der Waals surface area contributed by atoms with E-state index in [0.29, 0.717) is 16.7 Å². The minimum absolute atomic E-state index is 0.100. The summed E-state index contributed by atoms with van der Waals surface area (Å²) in [5, 5.41) is 20.3. The summed E-state index contributed by atoms with van der Waals surface area (Å²) >= 11 is 1.20. The molecule has 1 amide bonds. The van der Waals surface area contributed by atoms with Crippen LogP contribution in [0.4, 0.5) is 10.1 Å². The quantitative estimate of drug-likeness (QED) is 0.294. The van der Waals surface area contributed by atoms with Gasteiger partial charge in [0.05, 0.1) is 10.8 Å². The zero-order chi connectivity index (χ0) is 25.7. The van der Waals surface area contributed by atoms with Crippen molar-refractivity contribution in [2.24, 2.45) is 0 Å². The maximum absolute atomic E-state index is 14.2. The molecule has 8 nitrogen and oxygen atoms in total. The zero-order valence-corrected chi connectivity index (χ0v) is 20.3. The van der Waals surface area contributed by atoms with Crippen LogP contribution >= 0.6 is 11.8 Å². The van der Waals surface area contributed by atoms with Gasteiger partial charge in [-0.25, -0.2) is 9.18 Å². The fourth-order valence-corrected chi connectivity index (χ4v) is 4.25. The van der Waals surface area contributed by atoms with Crippen molar-refractivity contribution in [3.8, 4) is 11.4 Å². The Morgan fingerprint density at radius 3 is 2.31 bits per heavy atom. The standard InChI is InChI=1S/C26H23FN4O4S/c1-16(35-22-11-7-6-10-21(22)27)23-29-30-26(31(23)20-8-4-3-5-9-20)36-17(2)24(32)28-19-14-12-18(13-15-19)25(33)34/h3-17H,1-2H3,(H,28,32)(H,33,34). The topological polar surface area (TPSA) is 106 Å². The van der Waals surface area contributed by atoms with Gasteiger partial charge in [0.1, 0.15) is 0 Å². The van der Waals surface area contributed by atoms with Crippen LogP contribution < -0.4 is 10.1 Å². The number of halogens is 1. The summed E-state index contributed by atoms with van der Waals surface area (Å²) in [6, 6.07) is 21.4. The first-order valence-corrected chi connectivity index (χ1v) is 11.9. The molecule has 0 aliphatic heterocycles. The molecule has 1 heterocycles. The van der Waals surface area contributed by atoms with Gasteiger partial charge in [0, 0.05) is 11.4 Å². The second-order valence-corrected chi connectivity index (χ2v) is 9.14. The molecular formula is C26H23FN4O4S. The third kappa shape index (κ3) is 5.72. The van der Waals surface area contributed by atoms with Crippen LogP contribution in [0.25, 0.3) is 5.69 Å². The van der Waals surface area contributed by atoms with Crippen LogP contribution in [0, 0.1) is 5.82 Å². The molecule has 1 aromatic heterocycles. The van der Waals surface area contributed by atoms with Crippen LogP contribution in [0.3, 0.4) is 0 Å². The van der Waals surface area contributed by atoms with E-state index in [1.165, 1.54) is 42.1 Å². The van der Waals surface area contributed by atoms with Crippen molar-refractivity contribution >= 4 is 29.3 Å². The number of carbonyl (C=O) groups is 2. The molecule has 184 valence electrons. The highest BCUT2D eigenvalue weighted by atomic mass is 32.2. The summed E-state index contributed by atoms with van der Waals surface area (Å²) in [5.41, 5.74) is 1.38. The fraction of sp³-hybridized carbons (Fsp3) is 0.154. The number of nitrogens with one attached hydrogen (secondary N) is 1. The highest BCUT2D eigenvalue weighted by Crippen LogP contribution is 2.31. The Morgan fingerprint density at radius 2 is 1.64 bits per heavy atom. The Labute approximate surface area is 211 Å². The molecule has 2 N–H and O–H groups in total. The van der Waals surface area contributed by atoms with Crippen LogP contribution in [0.1, 0.15) is 36.1 Å². The predicted molar refractivity (Wildman–Crippen MR) is 134 cm³/mol. The highest BCUT2D eigenvalue weighted by Gasteiger charge is 2.25. The number of carbonyl (C=O) groups excluding carboxylic acids is 1. The average molecular weight is 507 g/mol. The van der Waals surface area contributed by atoms with Crippen LogP contribution in [0.5, 0.6) is 5.75 Å². The molecule has 2 atom stereocenters. The fourth-order valence-electron chi connectivity index (χ4n) is 3.38. The van der Waals surface area contributed by atoms with E-state index in [-0.39, 0.29) is 17.2 Å². The van der Waals surface area contributed by atoms with Gasteiger partial charge in [-0.2, -0.15) is 0 Å². The van der Waals surface area contributed by atoms with Gasteiger partial charge in [-0.3, -0.25) is 9.36 Å². The molecule has 36 heavy (non-hydrogen) atoms. The second kappa shape index (κ2) is 11.0. The van der Waals surface area contributed by atoms with Crippen molar-refractivity contribution in [1.29, 1.82) is 0 Å². The number of amides is 1. The number of hydrogen-bond acceptors (Lipinski definition) is 6. The molecule has 0 radical (unpaired) electrons. The van der Waals surface area contributed by atoms with E-state index in [9.17, 15) is 14.0 Å². The molecule has 4 aromatic rings. The number of rotatable bonds is 9. The summed E-state index contributed by atoms with van der Waals surface area (Å²) < 4.78 is 21.8. The van der Waals surface area contributed by atoms with Crippen LogP contribution in [-0.2, 0) is 4.79 Å². The number of benzene rings is 3. The van der Waals surface area contributed by atoms with Gasteiger partial charge in [-0.1, -0.05) is 42.1 Å². The number of ether oxygens (including phenoxy) is 1. The number of para-hydroxylation sites is 2. The van der Waals surface area contributed by atoms with Crippen molar-refractivity contribution in [3.05, 3.63) is 96.1 Å². The molecule has 0 spiro atoms. The minimum atomic E-state index is -1.04. The first kappa shape index (κ1) is 24.9. The van der Waals surface area contributed by atoms with Crippen molar-refractivity contribution < 1.29 is 23.8 Å². The third-order valence-corrected chi connectivity index (χ3v) is 6.27. The summed E-state index contributed by atoms with van der Waals surface area (Å²) in [6.07, 6.45) is -0.638. The monoisotopic (exact) mass is 506 g/mol. The predicted octanol–water partition coefficient (Wildman–Crippen LogP) is 5.36. The lowest BCUT2D eigenvalue weighted by Crippen LogP contribution is -2.23. The van der Waals surface area contributed by atoms with E-state index in [4.69, 9.17) is 9.84 Å². The molecule has 0 bridgehead atoms. The molecule has 0 aliphatic rings. The summed E-state index contributed by atoms with van der Waals surface area (Å²) in [5.74, 6) is -1.26. The van der Waals surface area contributed by atoms with Gasteiger partial charge in [-0.05, 0) is 62.4 Å². The molecule has 2 unspecified atom stereocenters. The van der Waals surface area contributed by atoms with E-state index in [0.717, 1.165) is 5.69 Å². The van der Waals surface area contributed by atoms with Crippen molar-refractivity contribution in [1.82, 2.24) is 14.8 Å². The van der Waals surface area contributed by atoms with Gasteiger partial charge in [-0.15, -0.1) is 10.2 Å². The average Bonchev–Trinajstić information content (AvgIpc) is 3.29. The molecule has 0 saturated heterocycles. The van der Waals surface area contributed by atoms with Crippen molar-refractivity contribution in [2.75, 3.05) is 5.32 Å². The van der Waals surface area contributed by atoms with Crippen molar-refractivity contribution in [3.63, 3.8) is 0 Å². The minimum Gasteiger partial charge on any atom is -0.480 e. The Kier molecular flexibility index (Phi) is 7.65. The lowest BCUT2D eigenvalue weighted by molar-refractivity contribution is -0.115. The number of carboxylic acid groups (broad SMARTS) is 1. The molecule has 10 heteroatoms. The van der Waals surface area contributed by atoms with E-state index in [1.54, 1.807) is 36.6 Å². The first-order valence-electron chi connectivity index (χ1n) is 11.1. The Bertz CT molecular complexity index is 1360. The lowest BCUT2D eigenvalue weighted by atomic mass is 10.2. The first-order chi connectivity index (χ1) is 17.3. The molecule has 4 rings (SSSR count). The SMILES string of the molecule is CC(Sc1nnc(C(C)Oc2ccccc2F)n1-c1ccccc1)C(=O)Nc1ccc(C(=O)O)cc1. The Morgan fingerprint density at radius 1 is 0.972 bits per heavy atom. The van der Waals surface area contributed by atoms with E-state index < -0.39 is 23.1 Å². The molecule has 0 aliphatic carbocycles. The number of hydrogen-bond donors (Lipinski definition) is 2. The molecular weight excluding hydrogens is 483 g/mol. The van der Waals surface area contributed by atoms with Gasteiger partial charge in [0.25, 0.3) is 0 Å². The van der Waals surface area contributed by atoms with Gasteiger partial charge in [0.2, 0.25) is 5.91 Å². The number of aromatic carboxylic acids is 1. The largest absolute Gasteiger partial charge is 0.480 e. The second-order valence-electron chi connectivity index (χ2n) is 7.83. The lowest BCUT2D eigenvalue weighted by Gasteiger charge is -2.18. The Hall–Kier alpha value is -4.18. The highest BCUT2D eigenvalue weighted by molar-refractivity contribution is 8.00. The van der Waals surface area contributed by atoms with Crippen LogP contribution in [0.2, 0.25) is 0 Å². The summed E-state index contributed by atoms with van der Waals surface area (Å²) in [4.78, 5) is 23.9. The molecule has 0 saturated carbocycles. The number of thioether (sulfide) groups is 1. The molecule has 0 fully saturated rings. The number of nitrogens with zero attached hydrogens (tertiary/aromatic N) is 3. The maximum atomic E-state index is 14.2. The van der Waals surface area contributed by atoms with Crippen LogP contribution in [0.15, 0.2) is 84.0 Å². The number of carboxylic acids is 1. The van der Waals surface area contributed by atoms with E-state index in [2.05, 4.69) is 15.5 Å². The van der Waals surface area contributed by atoms with Gasteiger partial charge >= 0.3 is 5.97 Å². The maximum Gasteiger partial charge on any atom is 0.335 e. The summed E-state index contributed by atoms with van der Waals surface area (Å²) in [7, 11) is 0. The number of aromatic nitrogens is 3.